The number of allylic oxidation sites excluding steroid dienone is 2. The Morgan fingerprint density at radius 2 is 1.12 bits per heavy atom. The van der Waals surface area contributed by atoms with E-state index >= 15 is 0 Å². The molecule has 0 aromatic heterocycles. The van der Waals surface area contributed by atoms with Crippen LogP contribution in [0.15, 0.2) is 72.8 Å². The van der Waals surface area contributed by atoms with Crippen molar-refractivity contribution in [2.45, 2.75) is 37.3 Å². The quantitative estimate of drug-likeness (QED) is 0.514. The van der Waals surface area contributed by atoms with Crippen molar-refractivity contribution in [3.05, 3.63) is 95.1 Å². The minimum absolute atomic E-state index is 0.205. The molecule has 4 aliphatic rings. The largest absolute Gasteiger partial charge is 0.371 e. The number of ether oxygens (including phenoxy) is 4. The first-order chi connectivity index (χ1) is 16.5. The SMILES string of the molecule is CC1(OCC2CO2)C=Cc2ccccc2C(C2=CC(C)(OCC3CO3)C=Cc3ccccc32)=C1. The van der Waals surface area contributed by atoms with Gasteiger partial charge in [-0.3, -0.25) is 0 Å². The summed E-state index contributed by atoms with van der Waals surface area (Å²) in [4.78, 5) is 0. The van der Waals surface area contributed by atoms with Gasteiger partial charge in [0.15, 0.2) is 0 Å². The Morgan fingerprint density at radius 3 is 1.53 bits per heavy atom. The third-order valence-corrected chi connectivity index (χ3v) is 6.81. The third kappa shape index (κ3) is 4.59. The van der Waals surface area contributed by atoms with Crippen molar-refractivity contribution in [1.29, 1.82) is 0 Å². The van der Waals surface area contributed by atoms with Crippen LogP contribution in [0.5, 0.6) is 0 Å². The summed E-state index contributed by atoms with van der Waals surface area (Å²) in [7, 11) is 0. The van der Waals surface area contributed by atoms with E-state index in [4.69, 9.17) is 18.9 Å². The van der Waals surface area contributed by atoms with E-state index in [9.17, 15) is 0 Å². The molecule has 2 heterocycles. The van der Waals surface area contributed by atoms with Crippen molar-refractivity contribution in [3.8, 4) is 0 Å². The molecule has 4 heteroatoms. The van der Waals surface area contributed by atoms with Gasteiger partial charge >= 0.3 is 0 Å². The topological polar surface area (TPSA) is 43.5 Å². The highest BCUT2D eigenvalue weighted by Gasteiger charge is 2.33. The molecule has 2 saturated heterocycles. The van der Waals surface area contributed by atoms with Crippen LogP contribution in [0.1, 0.15) is 36.1 Å². The maximum Gasteiger partial charge on any atom is 0.104 e. The highest BCUT2D eigenvalue weighted by molar-refractivity contribution is 6.09. The Bertz CT molecular complexity index is 1120. The van der Waals surface area contributed by atoms with Crippen molar-refractivity contribution < 1.29 is 18.9 Å². The summed E-state index contributed by atoms with van der Waals surface area (Å²) in [6.07, 6.45) is 13.6. The van der Waals surface area contributed by atoms with Crippen LogP contribution in [-0.4, -0.2) is 49.8 Å². The minimum atomic E-state index is -0.561. The first-order valence-corrected chi connectivity index (χ1v) is 12.0. The molecule has 34 heavy (non-hydrogen) atoms. The first kappa shape index (κ1) is 21.8. The van der Waals surface area contributed by atoms with Gasteiger partial charge in [0.1, 0.15) is 23.4 Å². The molecule has 2 aliphatic carbocycles. The van der Waals surface area contributed by atoms with Gasteiger partial charge in [0, 0.05) is 0 Å². The normalized spacial score (nSPS) is 31.0. The van der Waals surface area contributed by atoms with Crippen LogP contribution in [0.3, 0.4) is 0 Å². The summed E-state index contributed by atoms with van der Waals surface area (Å²) in [5, 5.41) is 0. The Labute approximate surface area is 201 Å². The van der Waals surface area contributed by atoms with E-state index < -0.39 is 11.2 Å². The number of hydrogen-bond acceptors (Lipinski definition) is 4. The van der Waals surface area contributed by atoms with Gasteiger partial charge in [0.2, 0.25) is 0 Å². The Balaban J connectivity index is 1.49. The molecule has 0 radical (unpaired) electrons. The van der Waals surface area contributed by atoms with Crippen LogP contribution in [0.25, 0.3) is 23.3 Å². The van der Waals surface area contributed by atoms with Crippen LogP contribution in [0.4, 0.5) is 0 Å². The maximum atomic E-state index is 6.41. The summed E-state index contributed by atoms with van der Waals surface area (Å²) in [6, 6.07) is 17.1. The van der Waals surface area contributed by atoms with E-state index in [2.05, 4.69) is 98.8 Å². The Kier molecular flexibility index (Phi) is 5.42. The zero-order valence-corrected chi connectivity index (χ0v) is 19.7. The summed E-state index contributed by atoms with van der Waals surface area (Å²) in [5.41, 5.74) is 5.89. The number of benzene rings is 2. The lowest BCUT2D eigenvalue weighted by Gasteiger charge is -2.27. The monoisotopic (exact) mass is 454 g/mol. The lowest BCUT2D eigenvalue weighted by molar-refractivity contribution is 0.0314. The lowest BCUT2D eigenvalue weighted by atomic mass is 9.85. The fourth-order valence-electron chi connectivity index (χ4n) is 4.61. The van der Waals surface area contributed by atoms with Gasteiger partial charge < -0.3 is 18.9 Å². The second-order valence-electron chi connectivity index (χ2n) is 9.86. The van der Waals surface area contributed by atoms with Gasteiger partial charge in [-0.05, 0) is 71.6 Å². The number of hydrogen-bond donors (Lipinski definition) is 0. The van der Waals surface area contributed by atoms with Crippen molar-refractivity contribution in [1.82, 2.24) is 0 Å². The second-order valence-corrected chi connectivity index (χ2v) is 9.86. The highest BCUT2D eigenvalue weighted by atomic mass is 16.6. The molecule has 2 fully saturated rings. The molecule has 0 N–H and O–H groups in total. The second kappa shape index (κ2) is 8.47. The number of rotatable bonds is 7. The zero-order valence-electron chi connectivity index (χ0n) is 19.7. The van der Waals surface area contributed by atoms with Crippen LogP contribution in [0.2, 0.25) is 0 Å². The molecule has 4 nitrogen and oxygen atoms in total. The molecule has 2 aliphatic heterocycles. The molecule has 0 amide bonds. The van der Waals surface area contributed by atoms with E-state index in [0.29, 0.717) is 13.2 Å². The summed E-state index contributed by atoms with van der Waals surface area (Å²) in [6.45, 7) is 6.97. The predicted molar refractivity (Wildman–Crippen MR) is 135 cm³/mol. The predicted octanol–water partition coefficient (Wildman–Crippen LogP) is 5.56. The summed E-state index contributed by atoms with van der Waals surface area (Å²) in [5.74, 6) is 0. The van der Waals surface area contributed by atoms with Gasteiger partial charge in [-0.25, -0.2) is 0 Å². The summed E-state index contributed by atoms with van der Waals surface area (Å²) < 4.78 is 23.6. The smallest absolute Gasteiger partial charge is 0.104 e. The van der Waals surface area contributed by atoms with E-state index in [1.165, 1.54) is 22.3 Å². The fraction of sp³-hybridized carbons (Fsp3) is 0.333. The van der Waals surface area contributed by atoms with E-state index in [0.717, 1.165) is 24.4 Å². The molecule has 0 saturated carbocycles. The molecule has 6 rings (SSSR count). The van der Waals surface area contributed by atoms with Gasteiger partial charge in [-0.1, -0.05) is 60.7 Å². The van der Waals surface area contributed by atoms with Crippen LogP contribution < -0.4 is 0 Å². The van der Waals surface area contributed by atoms with Gasteiger partial charge in [-0.2, -0.15) is 0 Å². The molecule has 0 spiro atoms. The highest BCUT2D eigenvalue weighted by Crippen LogP contribution is 2.43. The molecular weight excluding hydrogens is 424 g/mol. The molecule has 2 aromatic carbocycles. The number of epoxide rings is 2. The van der Waals surface area contributed by atoms with Crippen molar-refractivity contribution in [3.63, 3.8) is 0 Å². The van der Waals surface area contributed by atoms with Crippen molar-refractivity contribution >= 4 is 23.3 Å². The maximum absolute atomic E-state index is 6.41. The molecule has 2 aromatic rings. The molecule has 174 valence electrons. The average Bonchev–Trinajstić information content (AvgIpc) is 3.75. The Morgan fingerprint density at radius 1 is 0.706 bits per heavy atom. The van der Waals surface area contributed by atoms with Gasteiger partial charge in [-0.15, -0.1) is 0 Å². The Hall–Kier alpha value is -2.76. The number of fused-ring (bicyclic) bond motifs is 2. The van der Waals surface area contributed by atoms with Crippen molar-refractivity contribution in [2.75, 3.05) is 26.4 Å². The van der Waals surface area contributed by atoms with Crippen LogP contribution in [-0.2, 0) is 18.9 Å². The standard InChI is InChI=1S/C30H30O4/c1-29(33-19-23-17-31-23)13-11-21-7-3-5-9-25(21)27(15-29)28-16-30(2,34-20-24-18-32-24)14-12-22-8-4-6-10-26(22)28/h3-16,23-24H,17-20H2,1-2H3. The fourth-order valence-corrected chi connectivity index (χ4v) is 4.61. The minimum Gasteiger partial charge on any atom is -0.371 e. The average molecular weight is 455 g/mol. The van der Waals surface area contributed by atoms with E-state index in [1.54, 1.807) is 0 Å². The lowest BCUT2D eigenvalue weighted by Crippen LogP contribution is -2.27. The van der Waals surface area contributed by atoms with Gasteiger partial charge in [0.25, 0.3) is 0 Å². The van der Waals surface area contributed by atoms with Gasteiger partial charge in [0.05, 0.1) is 26.4 Å². The first-order valence-electron chi connectivity index (χ1n) is 12.0. The summed E-state index contributed by atoms with van der Waals surface area (Å²) >= 11 is 0. The zero-order chi connectivity index (χ0) is 23.2. The third-order valence-electron chi connectivity index (χ3n) is 6.81. The molecular formula is C30H30O4. The molecule has 4 unspecified atom stereocenters. The van der Waals surface area contributed by atoms with Crippen LogP contribution in [0, 0.1) is 0 Å². The van der Waals surface area contributed by atoms with E-state index in [-0.39, 0.29) is 12.2 Å². The molecule has 4 atom stereocenters. The van der Waals surface area contributed by atoms with Crippen molar-refractivity contribution in [2.24, 2.45) is 0 Å². The molecule has 0 bridgehead atoms. The van der Waals surface area contributed by atoms with E-state index in [1.807, 2.05) is 0 Å². The van der Waals surface area contributed by atoms with Crippen LogP contribution >= 0.6 is 0 Å².